The van der Waals surface area contributed by atoms with E-state index >= 15 is 0 Å². The number of hydrazone groups is 1. The first kappa shape index (κ1) is 18.2. The van der Waals surface area contributed by atoms with Crippen molar-refractivity contribution in [3.05, 3.63) is 0 Å². The van der Waals surface area contributed by atoms with Gasteiger partial charge in [-0.1, -0.05) is 0 Å². The molecule has 8 heteroatoms. The molecule has 0 radical (unpaired) electrons. The Kier molecular flexibility index (Phi) is 7.60. The fourth-order valence-electron chi connectivity index (χ4n) is 1.28. The lowest BCUT2D eigenvalue weighted by molar-refractivity contribution is -0.118. The Bertz CT molecular complexity index is 363. The monoisotopic (exact) mass is 288 g/mol. The van der Waals surface area contributed by atoms with Crippen molar-refractivity contribution < 1.29 is 19.1 Å². The molecular weight excluding hydrogens is 264 g/mol. The zero-order valence-electron chi connectivity index (χ0n) is 12.4. The van der Waals surface area contributed by atoms with E-state index in [0.717, 1.165) is 0 Å². The van der Waals surface area contributed by atoms with E-state index in [1.807, 2.05) is 0 Å². The Morgan fingerprint density at radius 1 is 1.35 bits per heavy atom. The second-order valence-corrected chi connectivity index (χ2v) is 5.11. The number of rotatable bonds is 6. The van der Waals surface area contributed by atoms with Crippen molar-refractivity contribution in [2.24, 2.45) is 16.7 Å². The number of hydrogen-bond acceptors (Lipinski definition) is 7. The molecule has 0 spiro atoms. The minimum absolute atomic E-state index is 0.0359. The summed E-state index contributed by atoms with van der Waals surface area (Å²) >= 11 is 0. The summed E-state index contributed by atoms with van der Waals surface area (Å²) in [5.41, 5.74) is 5.11. The molecule has 0 aliphatic carbocycles. The van der Waals surface area contributed by atoms with Crippen molar-refractivity contribution in [3.63, 3.8) is 0 Å². The molecule has 20 heavy (non-hydrogen) atoms. The molecule has 1 unspecified atom stereocenters. The molecule has 0 bridgehead atoms. The first-order valence-electron chi connectivity index (χ1n) is 6.34. The lowest BCUT2D eigenvalue weighted by Gasteiger charge is -2.19. The summed E-state index contributed by atoms with van der Waals surface area (Å²) in [7, 11) is 0. The van der Waals surface area contributed by atoms with E-state index < -0.39 is 17.7 Å². The average molecular weight is 288 g/mol. The molecule has 1 atom stereocenters. The first-order valence-corrected chi connectivity index (χ1v) is 6.34. The highest BCUT2D eigenvalue weighted by Crippen LogP contribution is 2.06. The van der Waals surface area contributed by atoms with Gasteiger partial charge in [-0.3, -0.25) is 4.79 Å². The van der Waals surface area contributed by atoms with Gasteiger partial charge in [-0.2, -0.15) is 0 Å². The number of hydrogen-bond donors (Lipinski definition) is 3. The number of nitrogens with two attached hydrogens (primary N) is 2. The number of ether oxygens (including phenoxy) is 2. The van der Waals surface area contributed by atoms with Crippen LogP contribution in [0.15, 0.2) is 5.10 Å². The van der Waals surface area contributed by atoms with Gasteiger partial charge in [0.1, 0.15) is 5.60 Å². The Hall–Kier alpha value is -1.83. The standard InChI is InChI=1S/C12H24N4O4/c1-5-19-10(16-14)9(13)6-8(17)7-15-11(18)20-12(2,3)4/h9H,5-7,13-14H2,1-4H3,(H,15,18)/b16-10-. The summed E-state index contributed by atoms with van der Waals surface area (Å²) in [5, 5.41) is 5.73. The average Bonchev–Trinajstić information content (AvgIpc) is 2.31. The van der Waals surface area contributed by atoms with Crippen LogP contribution in [0, 0.1) is 0 Å². The lowest BCUT2D eigenvalue weighted by Crippen LogP contribution is -2.40. The van der Waals surface area contributed by atoms with Crippen molar-refractivity contribution in [2.45, 2.75) is 45.8 Å². The van der Waals surface area contributed by atoms with Gasteiger partial charge in [-0.25, -0.2) is 4.79 Å². The molecule has 0 aromatic heterocycles. The van der Waals surface area contributed by atoms with E-state index in [-0.39, 0.29) is 24.6 Å². The number of alkyl carbamates (subject to hydrolysis) is 1. The van der Waals surface area contributed by atoms with Gasteiger partial charge in [-0.05, 0) is 27.7 Å². The normalized spacial score (nSPS) is 13.6. The highest BCUT2D eigenvalue weighted by molar-refractivity contribution is 5.90. The maximum Gasteiger partial charge on any atom is 0.408 e. The summed E-state index contributed by atoms with van der Waals surface area (Å²) in [6, 6.07) is -0.729. The first-order chi connectivity index (χ1) is 9.19. The third-order valence-electron chi connectivity index (χ3n) is 2.01. The van der Waals surface area contributed by atoms with Gasteiger partial charge in [0.2, 0.25) is 5.90 Å². The van der Waals surface area contributed by atoms with Gasteiger partial charge < -0.3 is 26.4 Å². The molecule has 0 saturated heterocycles. The van der Waals surface area contributed by atoms with Gasteiger partial charge in [0.25, 0.3) is 0 Å². The van der Waals surface area contributed by atoms with Gasteiger partial charge >= 0.3 is 6.09 Å². The molecule has 0 aliphatic rings. The zero-order chi connectivity index (χ0) is 15.8. The summed E-state index contributed by atoms with van der Waals surface area (Å²) in [6.45, 7) is 7.13. The number of nitrogens with one attached hydrogen (secondary N) is 1. The number of nitrogens with zero attached hydrogens (tertiary/aromatic N) is 1. The SMILES string of the molecule is CCO/C(=N\N)C(N)CC(=O)CNC(=O)OC(C)(C)C. The van der Waals surface area contributed by atoms with Gasteiger partial charge in [0.15, 0.2) is 5.78 Å². The van der Waals surface area contributed by atoms with Crippen molar-refractivity contribution >= 4 is 17.8 Å². The fraction of sp³-hybridized carbons (Fsp3) is 0.750. The maximum atomic E-state index is 11.6. The molecule has 0 heterocycles. The van der Waals surface area contributed by atoms with Crippen molar-refractivity contribution in [1.29, 1.82) is 0 Å². The van der Waals surface area contributed by atoms with Crippen molar-refractivity contribution in [1.82, 2.24) is 5.32 Å². The molecule has 0 rings (SSSR count). The van der Waals surface area contributed by atoms with Crippen LogP contribution in [0.3, 0.4) is 0 Å². The second-order valence-electron chi connectivity index (χ2n) is 5.11. The third-order valence-corrected chi connectivity index (χ3v) is 2.01. The number of carbonyl (C=O) groups is 2. The molecule has 8 nitrogen and oxygen atoms in total. The van der Waals surface area contributed by atoms with Crippen LogP contribution in [0.1, 0.15) is 34.1 Å². The predicted molar refractivity (Wildman–Crippen MR) is 75.1 cm³/mol. The lowest BCUT2D eigenvalue weighted by atomic mass is 10.1. The van der Waals surface area contributed by atoms with Crippen LogP contribution in [-0.4, -0.2) is 42.6 Å². The smallest absolute Gasteiger partial charge is 0.408 e. The third kappa shape index (κ3) is 8.30. The second kappa shape index (κ2) is 8.36. The molecular formula is C12H24N4O4. The van der Waals surface area contributed by atoms with Crippen LogP contribution in [0.25, 0.3) is 0 Å². The van der Waals surface area contributed by atoms with E-state index in [1.165, 1.54) is 0 Å². The molecule has 0 saturated carbocycles. The number of amides is 1. The molecule has 0 aromatic carbocycles. The number of carbonyl (C=O) groups excluding carboxylic acids is 2. The van der Waals surface area contributed by atoms with Gasteiger partial charge in [-0.15, -0.1) is 5.10 Å². The topological polar surface area (TPSA) is 129 Å². The Balaban J connectivity index is 4.14. The maximum absolute atomic E-state index is 11.6. The molecule has 5 N–H and O–H groups in total. The van der Waals surface area contributed by atoms with E-state index in [1.54, 1.807) is 27.7 Å². The van der Waals surface area contributed by atoms with Crippen LogP contribution >= 0.6 is 0 Å². The largest absolute Gasteiger partial charge is 0.479 e. The Labute approximate surface area is 118 Å². The van der Waals surface area contributed by atoms with E-state index in [0.29, 0.717) is 6.61 Å². The highest BCUT2D eigenvalue weighted by Gasteiger charge is 2.19. The summed E-state index contributed by atoms with van der Waals surface area (Å²) in [4.78, 5) is 23.0. The minimum atomic E-state index is -0.729. The van der Waals surface area contributed by atoms with Crippen molar-refractivity contribution in [2.75, 3.05) is 13.2 Å². The van der Waals surface area contributed by atoms with Crippen molar-refractivity contribution in [3.8, 4) is 0 Å². The van der Waals surface area contributed by atoms with E-state index in [4.69, 9.17) is 21.1 Å². The zero-order valence-corrected chi connectivity index (χ0v) is 12.4. The van der Waals surface area contributed by atoms with Gasteiger partial charge in [0.05, 0.1) is 19.2 Å². The highest BCUT2D eigenvalue weighted by atomic mass is 16.6. The van der Waals surface area contributed by atoms with Gasteiger partial charge in [0, 0.05) is 6.42 Å². The molecule has 1 amide bonds. The van der Waals surface area contributed by atoms with Crippen LogP contribution in [0.4, 0.5) is 4.79 Å². The molecule has 116 valence electrons. The molecule has 0 fully saturated rings. The quantitative estimate of drug-likeness (QED) is 0.275. The Morgan fingerprint density at radius 3 is 2.40 bits per heavy atom. The van der Waals surface area contributed by atoms with Crippen LogP contribution in [0.2, 0.25) is 0 Å². The summed E-state index contributed by atoms with van der Waals surface area (Å²) in [6.07, 6.45) is -0.691. The summed E-state index contributed by atoms with van der Waals surface area (Å²) < 4.78 is 10.1. The van der Waals surface area contributed by atoms with E-state index in [2.05, 4.69) is 10.4 Å². The Morgan fingerprint density at radius 2 is 1.95 bits per heavy atom. The van der Waals surface area contributed by atoms with Crippen LogP contribution < -0.4 is 16.9 Å². The molecule has 0 aliphatic heterocycles. The number of ketones is 1. The number of Topliss-reactive ketones (excluding diaryl/α,β-unsaturated/α-hetero) is 1. The van der Waals surface area contributed by atoms with Crippen LogP contribution in [-0.2, 0) is 14.3 Å². The van der Waals surface area contributed by atoms with Crippen LogP contribution in [0.5, 0.6) is 0 Å². The fourth-order valence-corrected chi connectivity index (χ4v) is 1.28. The predicted octanol–water partition coefficient (Wildman–Crippen LogP) is 0.106. The molecule has 0 aromatic rings. The van der Waals surface area contributed by atoms with E-state index in [9.17, 15) is 9.59 Å². The summed E-state index contributed by atoms with van der Waals surface area (Å²) in [5.74, 6) is 4.94. The minimum Gasteiger partial charge on any atom is -0.479 e.